The summed E-state index contributed by atoms with van der Waals surface area (Å²) in [5.74, 6) is 0.526. The number of nitrogens with two attached hydrogens (primary N) is 1. The molecule has 1 aliphatic heterocycles. The lowest BCUT2D eigenvalue weighted by Crippen LogP contribution is -2.40. The van der Waals surface area contributed by atoms with E-state index in [0.29, 0.717) is 5.88 Å². The highest BCUT2D eigenvalue weighted by molar-refractivity contribution is 6.17. The zero-order chi connectivity index (χ0) is 9.68. The van der Waals surface area contributed by atoms with Crippen LogP contribution in [0, 0.1) is 0 Å². The number of primary amides is 1. The van der Waals surface area contributed by atoms with E-state index in [2.05, 4.69) is 4.90 Å². The molecule has 13 heavy (non-hydrogen) atoms. The molecule has 0 aromatic heterocycles. The van der Waals surface area contributed by atoms with E-state index in [4.69, 9.17) is 17.3 Å². The predicted octanol–water partition coefficient (Wildman–Crippen LogP) is 0.955. The van der Waals surface area contributed by atoms with Crippen molar-refractivity contribution in [2.24, 2.45) is 5.73 Å². The summed E-state index contributed by atoms with van der Waals surface area (Å²) in [6, 6.07) is -0.0182. The van der Waals surface area contributed by atoms with E-state index < -0.39 is 0 Å². The van der Waals surface area contributed by atoms with Crippen LogP contribution in [0.25, 0.3) is 0 Å². The van der Waals surface area contributed by atoms with Crippen LogP contribution in [0.2, 0.25) is 0 Å². The number of nitrogens with zero attached hydrogens (tertiary/aromatic N) is 1. The van der Waals surface area contributed by atoms with Gasteiger partial charge >= 0.3 is 0 Å². The number of halogens is 1. The molecule has 3 nitrogen and oxygen atoms in total. The van der Waals surface area contributed by atoms with Gasteiger partial charge in [-0.3, -0.25) is 9.69 Å². The molecule has 0 unspecified atom stereocenters. The van der Waals surface area contributed by atoms with Gasteiger partial charge in [0.05, 0.1) is 6.04 Å². The monoisotopic (exact) mass is 204 g/mol. The number of hydrogen-bond acceptors (Lipinski definition) is 2. The van der Waals surface area contributed by atoms with Crippen LogP contribution < -0.4 is 5.73 Å². The third kappa shape index (κ3) is 3.16. The number of amides is 1. The zero-order valence-corrected chi connectivity index (χ0v) is 8.59. The Morgan fingerprint density at radius 2 is 2.31 bits per heavy atom. The van der Waals surface area contributed by atoms with Crippen molar-refractivity contribution in [3.05, 3.63) is 0 Å². The van der Waals surface area contributed by atoms with E-state index in [9.17, 15) is 4.79 Å². The van der Waals surface area contributed by atoms with Crippen molar-refractivity contribution in [1.29, 1.82) is 0 Å². The second-order valence-corrected chi connectivity index (χ2v) is 3.87. The van der Waals surface area contributed by atoms with Gasteiger partial charge in [0.1, 0.15) is 0 Å². The largest absolute Gasteiger partial charge is 0.368 e. The molecule has 0 aliphatic carbocycles. The Bertz CT molecular complexity index is 175. The number of likely N-dealkylation sites (tertiary alicyclic amines) is 1. The topological polar surface area (TPSA) is 46.3 Å². The van der Waals surface area contributed by atoms with E-state index in [-0.39, 0.29) is 11.9 Å². The van der Waals surface area contributed by atoms with Gasteiger partial charge in [-0.1, -0.05) is 0 Å². The van der Waals surface area contributed by atoms with Crippen LogP contribution in [0.4, 0.5) is 0 Å². The highest BCUT2D eigenvalue weighted by Gasteiger charge is 2.27. The molecular formula is C9H17ClN2O. The van der Waals surface area contributed by atoms with Gasteiger partial charge in [-0.05, 0) is 38.8 Å². The normalized spacial score (nSPS) is 23.6. The number of hydrogen-bond donors (Lipinski definition) is 1. The molecule has 0 aromatic carbocycles. The van der Waals surface area contributed by atoms with Gasteiger partial charge in [0.25, 0.3) is 0 Å². The number of alkyl halides is 1. The SMILES string of the molecule is NC(=O)[C@@H]1CCCN1CCCCCl. The molecule has 0 saturated carbocycles. The number of carbonyl (C=O) groups is 1. The molecular weight excluding hydrogens is 188 g/mol. The summed E-state index contributed by atoms with van der Waals surface area (Å²) in [4.78, 5) is 13.2. The quantitative estimate of drug-likeness (QED) is 0.536. The van der Waals surface area contributed by atoms with Crippen LogP contribution in [-0.2, 0) is 4.79 Å². The van der Waals surface area contributed by atoms with Crippen LogP contribution in [0.3, 0.4) is 0 Å². The molecule has 1 rings (SSSR count). The summed E-state index contributed by atoms with van der Waals surface area (Å²) in [7, 11) is 0. The van der Waals surface area contributed by atoms with Crippen LogP contribution >= 0.6 is 11.6 Å². The summed E-state index contributed by atoms with van der Waals surface area (Å²) < 4.78 is 0. The number of unbranched alkanes of at least 4 members (excludes halogenated alkanes) is 1. The van der Waals surface area contributed by atoms with Gasteiger partial charge in [-0.15, -0.1) is 11.6 Å². The van der Waals surface area contributed by atoms with Crippen molar-refractivity contribution >= 4 is 17.5 Å². The minimum absolute atomic E-state index is 0.0182. The molecule has 1 aliphatic rings. The summed E-state index contributed by atoms with van der Waals surface area (Å²) in [5, 5.41) is 0. The second-order valence-electron chi connectivity index (χ2n) is 3.49. The molecule has 0 bridgehead atoms. The van der Waals surface area contributed by atoms with Crippen molar-refractivity contribution in [2.75, 3.05) is 19.0 Å². The standard InChI is InChI=1S/C9H17ClN2O/c10-5-1-2-6-12-7-3-4-8(12)9(11)13/h8H,1-7H2,(H2,11,13)/t8-/m0/s1. The van der Waals surface area contributed by atoms with E-state index in [1.54, 1.807) is 0 Å². The maximum Gasteiger partial charge on any atom is 0.234 e. The van der Waals surface area contributed by atoms with Crippen LogP contribution in [0.5, 0.6) is 0 Å². The molecule has 0 aromatic rings. The van der Waals surface area contributed by atoms with Crippen molar-refractivity contribution in [2.45, 2.75) is 31.7 Å². The molecule has 76 valence electrons. The summed E-state index contributed by atoms with van der Waals surface area (Å²) in [6.45, 7) is 1.97. The Labute approximate surface area is 84.2 Å². The Morgan fingerprint density at radius 3 is 2.92 bits per heavy atom. The third-order valence-electron chi connectivity index (χ3n) is 2.52. The molecule has 1 saturated heterocycles. The molecule has 2 N–H and O–H groups in total. The lowest BCUT2D eigenvalue weighted by molar-refractivity contribution is -0.122. The van der Waals surface area contributed by atoms with Crippen LogP contribution in [0.15, 0.2) is 0 Å². The van der Waals surface area contributed by atoms with Crippen molar-refractivity contribution in [1.82, 2.24) is 4.90 Å². The average Bonchev–Trinajstić information content (AvgIpc) is 2.53. The highest BCUT2D eigenvalue weighted by atomic mass is 35.5. The third-order valence-corrected chi connectivity index (χ3v) is 2.79. The second kappa shape index (κ2) is 5.45. The van der Waals surface area contributed by atoms with Crippen LogP contribution in [-0.4, -0.2) is 35.8 Å². The minimum Gasteiger partial charge on any atom is -0.368 e. The lowest BCUT2D eigenvalue weighted by Gasteiger charge is -2.21. The van der Waals surface area contributed by atoms with Crippen molar-refractivity contribution < 1.29 is 4.79 Å². The Hall–Kier alpha value is -0.280. The van der Waals surface area contributed by atoms with E-state index in [1.165, 1.54) is 0 Å². The molecule has 1 heterocycles. The summed E-state index contributed by atoms with van der Waals surface area (Å²) in [5.41, 5.74) is 5.29. The first kappa shape index (κ1) is 10.8. The zero-order valence-electron chi connectivity index (χ0n) is 7.84. The van der Waals surface area contributed by atoms with Gasteiger partial charge in [0, 0.05) is 5.88 Å². The molecule has 1 amide bonds. The van der Waals surface area contributed by atoms with Crippen molar-refractivity contribution in [3.63, 3.8) is 0 Å². The average molecular weight is 205 g/mol. The molecule has 1 fully saturated rings. The van der Waals surface area contributed by atoms with Gasteiger partial charge in [0.15, 0.2) is 0 Å². The first-order valence-corrected chi connectivity index (χ1v) is 5.38. The molecule has 4 heteroatoms. The minimum atomic E-state index is -0.177. The molecule has 0 radical (unpaired) electrons. The van der Waals surface area contributed by atoms with E-state index in [1.807, 2.05) is 0 Å². The predicted molar refractivity (Wildman–Crippen MR) is 53.7 cm³/mol. The van der Waals surface area contributed by atoms with Gasteiger partial charge < -0.3 is 5.73 Å². The maximum absolute atomic E-state index is 11.0. The van der Waals surface area contributed by atoms with Gasteiger partial charge in [-0.2, -0.15) is 0 Å². The number of carbonyl (C=O) groups excluding carboxylic acids is 1. The molecule has 1 atom stereocenters. The first-order valence-electron chi connectivity index (χ1n) is 4.85. The summed E-state index contributed by atoms with van der Waals surface area (Å²) >= 11 is 5.58. The number of rotatable bonds is 5. The molecule has 0 spiro atoms. The smallest absolute Gasteiger partial charge is 0.234 e. The van der Waals surface area contributed by atoms with Gasteiger partial charge in [-0.25, -0.2) is 0 Å². The Kier molecular flexibility index (Phi) is 4.53. The van der Waals surface area contributed by atoms with Gasteiger partial charge in [0.2, 0.25) is 5.91 Å². The van der Waals surface area contributed by atoms with Crippen molar-refractivity contribution in [3.8, 4) is 0 Å². The highest BCUT2D eigenvalue weighted by Crippen LogP contribution is 2.17. The fraction of sp³-hybridized carbons (Fsp3) is 0.889. The fourth-order valence-corrected chi connectivity index (χ4v) is 2.01. The Morgan fingerprint density at radius 1 is 1.54 bits per heavy atom. The fourth-order valence-electron chi connectivity index (χ4n) is 1.83. The first-order chi connectivity index (χ1) is 6.25. The van der Waals surface area contributed by atoms with E-state index in [0.717, 1.165) is 38.8 Å². The lowest BCUT2D eigenvalue weighted by atomic mass is 10.2. The maximum atomic E-state index is 11.0. The Balaban J connectivity index is 2.27. The van der Waals surface area contributed by atoms with E-state index >= 15 is 0 Å². The summed E-state index contributed by atoms with van der Waals surface area (Å²) in [6.07, 6.45) is 4.10. The van der Waals surface area contributed by atoms with Crippen LogP contribution in [0.1, 0.15) is 25.7 Å².